The van der Waals surface area contributed by atoms with E-state index in [1.165, 1.54) is 32.1 Å². The normalized spacial score (nSPS) is 33.2. The Morgan fingerprint density at radius 2 is 1.89 bits per heavy atom. The number of aliphatic hydroxyl groups is 1. The van der Waals surface area contributed by atoms with Crippen LogP contribution >= 0.6 is 0 Å². The van der Waals surface area contributed by atoms with Gasteiger partial charge in [0.25, 0.3) is 0 Å². The van der Waals surface area contributed by atoms with Crippen LogP contribution in [0.5, 0.6) is 0 Å². The van der Waals surface area contributed by atoms with Gasteiger partial charge in [0, 0.05) is 12.0 Å². The van der Waals surface area contributed by atoms with Crippen LogP contribution in [0.4, 0.5) is 0 Å². The molecular formula is C15H29NO2. The standard InChI is InChI=1S/C15H29NO2/c1-10(2)12-9-18-15(12)14(17)13(16)8-11-6-4-3-5-7-11/h10-15,17H,3-9,16H2,1-2H3/t12-,13+,14-,15+/m1/s1. The molecule has 3 N–H and O–H groups in total. The van der Waals surface area contributed by atoms with Crippen LogP contribution in [0.25, 0.3) is 0 Å². The molecule has 0 aromatic carbocycles. The number of rotatable bonds is 5. The largest absolute Gasteiger partial charge is 0.389 e. The quantitative estimate of drug-likeness (QED) is 0.792. The SMILES string of the molecule is CC(C)[C@H]1CO[C@@H]1[C@H](O)[C@@H](N)CC1CCCCC1. The average molecular weight is 255 g/mol. The molecule has 1 aliphatic heterocycles. The molecule has 4 atom stereocenters. The highest BCUT2D eigenvalue weighted by atomic mass is 16.5. The van der Waals surface area contributed by atoms with E-state index in [2.05, 4.69) is 13.8 Å². The molecule has 0 unspecified atom stereocenters. The first-order valence-corrected chi connectivity index (χ1v) is 7.65. The average Bonchev–Trinajstić information content (AvgIpc) is 2.27. The van der Waals surface area contributed by atoms with Crippen molar-refractivity contribution in [1.29, 1.82) is 0 Å². The van der Waals surface area contributed by atoms with Gasteiger partial charge in [-0.25, -0.2) is 0 Å². The molecular weight excluding hydrogens is 226 g/mol. The first-order chi connectivity index (χ1) is 8.59. The van der Waals surface area contributed by atoms with E-state index in [0.29, 0.717) is 11.8 Å². The summed E-state index contributed by atoms with van der Waals surface area (Å²) < 4.78 is 5.55. The lowest BCUT2D eigenvalue weighted by atomic mass is 9.78. The minimum absolute atomic E-state index is 0.0245. The summed E-state index contributed by atoms with van der Waals surface area (Å²) in [5, 5.41) is 10.3. The van der Waals surface area contributed by atoms with Crippen LogP contribution in [-0.4, -0.2) is 30.0 Å². The van der Waals surface area contributed by atoms with E-state index in [1.54, 1.807) is 0 Å². The van der Waals surface area contributed by atoms with Crippen LogP contribution in [0.2, 0.25) is 0 Å². The molecule has 2 aliphatic rings. The van der Waals surface area contributed by atoms with Gasteiger partial charge < -0.3 is 15.6 Å². The molecule has 1 aliphatic carbocycles. The van der Waals surface area contributed by atoms with Crippen molar-refractivity contribution in [2.24, 2.45) is 23.5 Å². The van der Waals surface area contributed by atoms with Crippen LogP contribution in [0.1, 0.15) is 52.4 Å². The first-order valence-electron chi connectivity index (χ1n) is 7.65. The number of hydrogen-bond donors (Lipinski definition) is 2. The van der Waals surface area contributed by atoms with Gasteiger partial charge in [-0.1, -0.05) is 46.0 Å². The second-order valence-electron chi connectivity index (χ2n) is 6.60. The Morgan fingerprint density at radius 3 is 2.39 bits per heavy atom. The summed E-state index contributed by atoms with van der Waals surface area (Å²) in [4.78, 5) is 0. The lowest BCUT2D eigenvalue weighted by molar-refractivity contribution is -0.186. The topological polar surface area (TPSA) is 55.5 Å². The van der Waals surface area contributed by atoms with Gasteiger partial charge >= 0.3 is 0 Å². The van der Waals surface area contributed by atoms with Crippen molar-refractivity contribution in [2.45, 2.75) is 70.6 Å². The zero-order valence-corrected chi connectivity index (χ0v) is 11.8. The fraction of sp³-hybridized carbons (Fsp3) is 1.00. The molecule has 2 rings (SSSR count). The zero-order valence-electron chi connectivity index (χ0n) is 11.8. The summed E-state index contributed by atoms with van der Waals surface area (Å²) in [6.07, 6.45) is 7.08. The van der Waals surface area contributed by atoms with Gasteiger partial charge in [-0.2, -0.15) is 0 Å². The van der Waals surface area contributed by atoms with Gasteiger partial charge in [0.05, 0.1) is 18.8 Å². The number of nitrogens with two attached hydrogens (primary N) is 1. The fourth-order valence-electron chi connectivity index (χ4n) is 3.43. The van der Waals surface area contributed by atoms with Crippen LogP contribution in [-0.2, 0) is 4.74 Å². The van der Waals surface area contributed by atoms with Crippen LogP contribution in [0.15, 0.2) is 0 Å². The highest BCUT2D eigenvalue weighted by Gasteiger charge is 2.41. The molecule has 2 fully saturated rings. The Bertz CT molecular complexity index is 251. The van der Waals surface area contributed by atoms with Gasteiger partial charge in [0.2, 0.25) is 0 Å². The van der Waals surface area contributed by atoms with Crippen LogP contribution in [0.3, 0.4) is 0 Å². The van der Waals surface area contributed by atoms with Gasteiger partial charge in [0.15, 0.2) is 0 Å². The molecule has 0 aromatic heterocycles. The van der Waals surface area contributed by atoms with Gasteiger partial charge in [0.1, 0.15) is 0 Å². The van der Waals surface area contributed by atoms with Crippen molar-refractivity contribution in [3.05, 3.63) is 0 Å². The molecule has 0 amide bonds. The third-order valence-electron chi connectivity index (χ3n) is 4.86. The third kappa shape index (κ3) is 3.25. The molecule has 3 nitrogen and oxygen atoms in total. The first kappa shape index (κ1) is 14.3. The molecule has 3 heteroatoms. The number of ether oxygens (including phenoxy) is 1. The highest BCUT2D eigenvalue weighted by Crippen LogP contribution is 2.33. The minimum atomic E-state index is -0.479. The predicted molar refractivity (Wildman–Crippen MR) is 73.2 cm³/mol. The third-order valence-corrected chi connectivity index (χ3v) is 4.86. The Balaban J connectivity index is 1.79. The van der Waals surface area contributed by atoms with Gasteiger partial charge in [-0.05, 0) is 18.3 Å². The molecule has 18 heavy (non-hydrogen) atoms. The molecule has 106 valence electrons. The summed E-state index contributed by atoms with van der Waals surface area (Å²) in [5.41, 5.74) is 6.19. The van der Waals surface area contributed by atoms with Crippen molar-refractivity contribution >= 4 is 0 Å². The Labute approximate surface area is 111 Å². The number of aliphatic hydroxyl groups excluding tert-OH is 1. The van der Waals surface area contributed by atoms with E-state index in [9.17, 15) is 5.11 Å². The lowest BCUT2D eigenvalue weighted by Crippen LogP contribution is -2.56. The fourth-order valence-corrected chi connectivity index (χ4v) is 3.43. The van der Waals surface area contributed by atoms with Crippen LogP contribution in [0, 0.1) is 17.8 Å². The number of hydrogen-bond acceptors (Lipinski definition) is 3. The summed E-state index contributed by atoms with van der Waals surface area (Å²) in [5.74, 6) is 1.78. The molecule has 0 bridgehead atoms. The van der Waals surface area contributed by atoms with Gasteiger partial charge in [-0.15, -0.1) is 0 Å². The molecule has 0 aromatic rings. The van der Waals surface area contributed by atoms with E-state index in [1.807, 2.05) is 0 Å². The van der Waals surface area contributed by atoms with Crippen molar-refractivity contribution in [2.75, 3.05) is 6.61 Å². The lowest BCUT2D eigenvalue weighted by Gasteiger charge is -2.44. The Kier molecular flexibility index (Phi) is 5.05. The smallest absolute Gasteiger partial charge is 0.0956 e. The highest BCUT2D eigenvalue weighted by molar-refractivity contribution is 4.92. The van der Waals surface area contributed by atoms with Crippen molar-refractivity contribution in [1.82, 2.24) is 0 Å². The molecule has 1 heterocycles. The second kappa shape index (κ2) is 6.36. The van der Waals surface area contributed by atoms with Crippen LogP contribution < -0.4 is 5.73 Å². The summed E-state index contributed by atoms with van der Waals surface area (Å²) >= 11 is 0. The maximum atomic E-state index is 10.3. The summed E-state index contributed by atoms with van der Waals surface area (Å²) in [6, 6.07) is -0.111. The maximum absolute atomic E-state index is 10.3. The Hall–Kier alpha value is -0.120. The minimum Gasteiger partial charge on any atom is -0.389 e. The molecule has 1 saturated carbocycles. The van der Waals surface area contributed by atoms with E-state index < -0.39 is 6.10 Å². The van der Waals surface area contributed by atoms with Crippen molar-refractivity contribution in [3.8, 4) is 0 Å². The molecule has 0 radical (unpaired) electrons. The summed E-state index contributed by atoms with van der Waals surface area (Å²) in [6.45, 7) is 5.18. The monoisotopic (exact) mass is 255 g/mol. The van der Waals surface area contributed by atoms with E-state index >= 15 is 0 Å². The predicted octanol–water partition coefficient (Wildman–Crippen LogP) is 2.32. The summed E-state index contributed by atoms with van der Waals surface area (Å²) in [7, 11) is 0. The maximum Gasteiger partial charge on any atom is 0.0956 e. The Morgan fingerprint density at radius 1 is 1.22 bits per heavy atom. The van der Waals surface area contributed by atoms with E-state index in [-0.39, 0.29) is 12.1 Å². The zero-order chi connectivity index (χ0) is 13.1. The molecule has 1 saturated heterocycles. The van der Waals surface area contributed by atoms with E-state index in [0.717, 1.165) is 18.9 Å². The van der Waals surface area contributed by atoms with Crippen molar-refractivity contribution in [3.63, 3.8) is 0 Å². The second-order valence-corrected chi connectivity index (χ2v) is 6.60. The van der Waals surface area contributed by atoms with Crippen molar-refractivity contribution < 1.29 is 9.84 Å². The van der Waals surface area contributed by atoms with Gasteiger partial charge in [-0.3, -0.25) is 0 Å². The molecule has 0 spiro atoms. The van der Waals surface area contributed by atoms with E-state index in [4.69, 9.17) is 10.5 Å².